The van der Waals surface area contributed by atoms with Crippen LogP contribution in [0.2, 0.25) is 0 Å². The Kier molecular flexibility index (Phi) is 8.45. The van der Waals surface area contributed by atoms with Gasteiger partial charge in [0.05, 0.1) is 22.4 Å². The molecule has 282 valence electrons. The van der Waals surface area contributed by atoms with E-state index >= 15 is 0 Å². The first-order chi connectivity index (χ1) is 29.6. The van der Waals surface area contributed by atoms with Gasteiger partial charge in [0.25, 0.3) is 0 Å². The number of aryl methyl sites for hydroxylation is 2. The molecule has 0 spiro atoms. The molecule has 0 N–H and O–H groups in total. The molecule has 0 radical (unpaired) electrons. The summed E-state index contributed by atoms with van der Waals surface area (Å²) in [6.07, 6.45) is 7.43. The lowest BCUT2D eigenvalue weighted by Gasteiger charge is -2.21. The Labute approximate surface area is 346 Å². The van der Waals surface area contributed by atoms with Crippen molar-refractivity contribution >= 4 is 43.4 Å². The fourth-order valence-electron chi connectivity index (χ4n) is 8.61. The van der Waals surface area contributed by atoms with Crippen molar-refractivity contribution in [2.45, 2.75) is 13.8 Å². The van der Waals surface area contributed by atoms with E-state index in [-0.39, 0.29) is 0 Å². The summed E-state index contributed by atoms with van der Waals surface area (Å²) in [5, 5.41) is 6.74. The average molecular weight is 770 g/mol. The maximum atomic E-state index is 5.50. The van der Waals surface area contributed by atoms with Crippen molar-refractivity contribution in [1.82, 2.24) is 34.9 Å². The number of pyridine rings is 4. The van der Waals surface area contributed by atoms with Crippen LogP contribution in [0, 0.1) is 13.8 Å². The fourth-order valence-corrected chi connectivity index (χ4v) is 8.61. The van der Waals surface area contributed by atoms with Gasteiger partial charge in [0.15, 0.2) is 17.5 Å². The summed E-state index contributed by atoms with van der Waals surface area (Å²) in [7, 11) is 0. The summed E-state index contributed by atoms with van der Waals surface area (Å²) in [5.41, 5.74) is 12.7. The van der Waals surface area contributed by atoms with Gasteiger partial charge in [-0.05, 0) is 89.3 Å². The molecule has 0 saturated heterocycles. The van der Waals surface area contributed by atoms with Crippen LogP contribution in [0.3, 0.4) is 0 Å². The van der Waals surface area contributed by atoms with Gasteiger partial charge < -0.3 is 0 Å². The molecule has 0 bridgehead atoms. The molecule has 0 aliphatic carbocycles. The smallest absolute Gasteiger partial charge is 0.164 e. The third-order valence-electron chi connectivity index (χ3n) is 11.4. The monoisotopic (exact) mass is 769 g/mol. The topological polar surface area (TPSA) is 90.2 Å². The van der Waals surface area contributed by atoms with Gasteiger partial charge >= 0.3 is 0 Å². The average Bonchev–Trinajstić information content (AvgIpc) is 3.33. The SMILES string of the molecule is Cc1c2c(-c3cccnc3)nc3cc(-c4cccc(-c5nc(-c6ccccc6)nc(-c6ccccc6)n5)c4)ccc3c2c(C)c2c(-c3cccnc3)nc3ccccc3c12. The Balaban J connectivity index is 1.14. The van der Waals surface area contributed by atoms with Gasteiger partial charge in [-0.25, -0.2) is 24.9 Å². The van der Waals surface area contributed by atoms with E-state index in [4.69, 9.17) is 24.9 Å². The zero-order valence-corrected chi connectivity index (χ0v) is 32.9. The Morgan fingerprint density at radius 1 is 0.317 bits per heavy atom. The number of hydrogen-bond donors (Lipinski definition) is 0. The zero-order valence-electron chi connectivity index (χ0n) is 32.9. The van der Waals surface area contributed by atoms with E-state index in [1.165, 1.54) is 5.39 Å². The molecule has 0 unspecified atom stereocenters. The molecule has 0 amide bonds. The summed E-state index contributed by atoms with van der Waals surface area (Å²) in [5.74, 6) is 1.86. The molecule has 11 rings (SSSR count). The largest absolute Gasteiger partial charge is 0.264 e. The van der Waals surface area contributed by atoms with Gasteiger partial charge in [0.1, 0.15) is 0 Å². The summed E-state index contributed by atoms with van der Waals surface area (Å²) in [4.78, 5) is 34.8. The molecule has 7 nitrogen and oxygen atoms in total. The van der Waals surface area contributed by atoms with E-state index < -0.39 is 0 Å². The lowest BCUT2D eigenvalue weighted by Crippen LogP contribution is -2.00. The van der Waals surface area contributed by atoms with E-state index in [2.05, 4.69) is 103 Å². The van der Waals surface area contributed by atoms with Crippen molar-refractivity contribution in [2.24, 2.45) is 0 Å². The molecule has 5 aromatic heterocycles. The maximum Gasteiger partial charge on any atom is 0.164 e. The Bertz CT molecular complexity index is 3370. The quantitative estimate of drug-likeness (QED) is 0.123. The van der Waals surface area contributed by atoms with E-state index in [9.17, 15) is 0 Å². The normalized spacial score (nSPS) is 11.5. The number of aromatic nitrogens is 7. The van der Waals surface area contributed by atoms with E-state index in [0.717, 1.165) is 99.4 Å². The Hall–Kier alpha value is -8.03. The van der Waals surface area contributed by atoms with Crippen LogP contribution < -0.4 is 0 Å². The van der Waals surface area contributed by atoms with Crippen LogP contribution in [-0.4, -0.2) is 34.9 Å². The highest BCUT2D eigenvalue weighted by molar-refractivity contribution is 6.25. The highest BCUT2D eigenvalue weighted by atomic mass is 15.0. The van der Waals surface area contributed by atoms with Gasteiger partial charge in [-0.1, -0.05) is 109 Å². The lowest BCUT2D eigenvalue weighted by atomic mass is 9.86. The van der Waals surface area contributed by atoms with Gasteiger partial charge in [0.2, 0.25) is 0 Å². The third-order valence-corrected chi connectivity index (χ3v) is 11.4. The number of fused-ring (bicyclic) bond motifs is 6. The minimum atomic E-state index is 0.608. The van der Waals surface area contributed by atoms with Crippen LogP contribution in [0.4, 0.5) is 0 Å². The summed E-state index contributed by atoms with van der Waals surface area (Å²) >= 11 is 0. The molecule has 6 aromatic carbocycles. The van der Waals surface area contributed by atoms with E-state index in [1.54, 1.807) is 6.20 Å². The minimum absolute atomic E-state index is 0.608. The molecule has 0 saturated carbocycles. The summed E-state index contributed by atoms with van der Waals surface area (Å²) < 4.78 is 0. The molecular weight excluding hydrogens is 735 g/mol. The van der Waals surface area contributed by atoms with Crippen molar-refractivity contribution in [3.05, 3.63) is 188 Å². The number of hydrogen-bond acceptors (Lipinski definition) is 7. The molecule has 0 fully saturated rings. The molecule has 60 heavy (non-hydrogen) atoms. The summed E-state index contributed by atoms with van der Waals surface area (Å²) in [6, 6.07) is 51.7. The van der Waals surface area contributed by atoms with Crippen molar-refractivity contribution in [3.8, 4) is 67.8 Å². The molecule has 5 heterocycles. The number of rotatable bonds is 6. The Morgan fingerprint density at radius 2 is 0.783 bits per heavy atom. The number of nitrogens with zero attached hydrogens (tertiary/aromatic N) is 7. The van der Waals surface area contributed by atoms with Gasteiger partial charge in [0, 0.05) is 74.1 Å². The first kappa shape index (κ1) is 35.2. The lowest BCUT2D eigenvalue weighted by molar-refractivity contribution is 1.07. The fraction of sp³-hybridized carbons (Fsp3) is 0.0377. The second-order valence-electron chi connectivity index (χ2n) is 15.0. The summed E-state index contributed by atoms with van der Waals surface area (Å²) in [6.45, 7) is 4.46. The van der Waals surface area contributed by atoms with Crippen LogP contribution in [0.15, 0.2) is 176 Å². The van der Waals surface area contributed by atoms with E-state index in [1.807, 2.05) is 91.4 Å². The molecule has 7 heteroatoms. The first-order valence-electron chi connectivity index (χ1n) is 20.0. The van der Waals surface area contributed by atoms with Crippen molar-refractivity contribution in [1.29, 1.82) is 0 Å². The van der Waals surface area contributed by atoms with Crippen LogP contribution in [-0.2, 0) is 0 Å². The van der Waals surface area contributed by atoms with Crippen LogP contribution in [0.5, 0.6) is 0 Å². The maximum absolute atomic E-state index is 5.50. The molecular formula is C53H35N7. The molecule has 11 aromatic rings. The molecule has 0 atom stereocenters. The van der Waals surface area contributed by atoms with Gasteiger partial charge in [-0.15, -0.1) is 0 Å². The number of para-hydroxylation sites is 1. The second-order valence-corrected chi connectivity index (χ2v) is 15.0. The van der Waals surface area contributed by atoms with Crippen LogP contribution in [0.1, 0.15) is 11.1 Å². The zero-order chi connectivity index (χ0) is 40.2. The third kappa shape index (κ3) is 5.95. The highest BCUT2D eigenvalue weighted by Crippen LogP contribution is 2.45. The minimum Gasteiger partial charge on any atom is -0.264 e. The predicted octanol–water partition coefficient (Wildman–Crippen LogP) is 12.7. The first-order valence-corrected chi connectivity index (χ1v) is 20.0. The van der Waals surface area contributed by atoms with Crippen LogP contribution in [0.25, 0.3) is 111 Å². The van der Waals surface area contributed by atoms with Crippen molar-refractivity contribution in [2.75, 3.05) is 0 Å². The van der Waals surface area contributed by atoms with Gasteiger partial charge in [-0.2, -0.15) is 0 Å². The highest BCUT2D eigenvalue weighted by Gasteiger charge is 2.23. The number of benzene rings is 6. The van der Waals surface area contributed by atoms with Crippen LogP contribution >= 0.6 is 0 Å². The standard InChI is InChI=1S/C53H35N7/c1-32-45-41-22-9-10-23-43(41)56-49(39-20-12-26-54-30-39)47(45)33(2)46-42-25-24-37(29-44(42)57-50(48(32)46)40-21-13-27-55-31-40)36-18-11-19-38(28-36)53-59-51(34-14-5-3-6-15-34)58-52(60-53)35-16-7-4-8-17-35/h3-31H,1-2H3. The molecule has 0 aliphatic heterocycles. The van der Waals surface area contributed by atoms with Gasteiger partial charge in [-0.3, -0.25) is 9.97 Å². The predicted molar refractivity (Wildman–Crippen MR) is 243 cm³/mol. The Morgan fingerprint density at radius 3 is 1.37 bits per heavy atom. The van der Waals surface area contributed by atoms with E-state index in [0.29, 0.717) is 17.5 Å². The van der Waals surface area contributed by atoms with Crippen molar-refractivity contribution < 1.29 is 0 Å². The molecule has 0 aliphatic rings. The second kappa shape index (κ2) is 14.4. The van der Waals surface area contributed by atoms with Crippen molar-refractivity contribution in [3.63, 3.8) is 0 Å².